The van der Waals surface area contributed by atoms with Crippen LogP contribution in [-0.4, -0.2) is 29.5 Å². The highest BCUT2D eigenvalue weighted by molar-refractivity contribution is 5.34. The molecular weight excluding hydrogens is 218 g/mol. The van der Waals surface area contributed by atoms with Gasteiger partial charge in [0.2, 0.25) is 0 Å². The number of rotatable bonds is 4. The lowest BCUT2D eigenvalue weighted by Gasteiger charge is -2.15. The summed E-state index contributed by atoms with van der Waals surface area (Å²) < 4.78 is 0. The van der Waals surface area contributed by atoms with Gasteiger partial charge in [-0.15, -0.1) is 0 Å². The van der Waals surface area contributed by atoms with E-state index in [9.17, 15) is 10.1 Å². The summed E-state index contributed by atoms with van der Waals surface area (Å²) in [5.41, 5.74) is 6.80. The highest BCUT2D eigenvalue weighted by Gasteiger charge is 2.21. The Balaban J connectivity index is 1.99. The molecule has 0 amide bonds. The van der Waals surface area contributed by atoms with Crippen LogP contribution < -0.4 is 5.73 Å². The van der Waals surface area contributed by atoms with Crippen LogP contribution >= 0.6 is 0 Å². The van der Waals surface area contributed by atoms with Gasteiger partial charge in [-0.1, -0.05) is 12.1 Å². The summed E-state index contributed by atoms with van der Waals surface area (Å²) >= 11 is 0. The molecule has 1 aliphatic rings. The molecule has 5 nitrogen and oxygen atoms in total. The normalized spacial score (nSPS) is 20.6. The van der Waals surface area contributed by atoms with E-state index in [0.717, 1.165) is 38.2 Å². The molecule has 0 spiro atoms. The van der Waals surface area contributed by atoms with Gasteiger partial charge in [-0.25, -0.2) is 0 Å². The number of nitrogens with zero attached hydrogens (tertiary/aromatic N) is 2. The van der Waals surface area contributed by atoms with Crippen molar-refractivity contribution in [3.05, 3.63) is 39.9 Å². The third-order valence-corrected chi connectivity index (χ3v) is 3.23. The van der Waals surface area contributed by atoms with Gasteiger partial charge in [-0.3, -0.25) is 15.0 Å². The standard InChI is InChI=1S/C12H17N3O2/c13-7-11-4-5-14(9-11)8-10-2-1-3-12(6-10)15(16)17/h1-3,6,11H,4-5,7-9,13H2. The Bertz CT molecular complexity index is 408. The maximum atomic E-state index is 10.7. The second-order valence-corrected chi connectivity index (χ2v) is 4.55. The van der Waals surface area contributed by atoms with Crippen molar-refractivity contribution in [1.29, 1.82) is 0 Å². The molecule has 17 heavy (non-hydrogen) atoms. The van der Waals surface area contributed by atoms with Gasteiger partial charge in [0.05, 0.1) is 4.92 Å². The van der Waals surface area contributed by atoms with Gasteiger partial charge in [-0.05, 0) is 31.0 Å². The Morgan fingerprint density at radius 2 is 2.35 bits per heavy atom. The van der Waals surface area contributed by atoms with Crippen LogP contribution in [-0.2, 0) is 6.54 Å². The van der Waals surface area contributed by atoms with Gasteiger partial charge in [0, 0.05) is 25.2 Å². The lowest BCUT2D eigenvalue weighted by atomic mass is 10.1. The van der Waals surface area contributed by atoms with E-state index >= 15 is 0 Å². The molecule has 1 saturated heterocycles. The molecule has 0 aliphatic carbocycles. The van der Waals surface area contributed by atoms with Gasteiger partial charge in [0.25, 0.3) is 5.69 Å². The Labute approximate surface area is 100 Å². The first-order chi connectivity index (χ1) is 8.19. The molecule has 5 heteroatoms. The maximum absolute atomic E-state index is 10.7. The molecule has 0 radical (unpaired) electrons. The molecule has 1 unspecified atom stereocenters. The molecule has 2 rings (SSSR count). The van der Waals surface area contributed by atoms with E-state index < -0.39 is 0 Å². The SMILES string of the molecule is NCC1CCN(Cc2cccc([N+](=O)[O-])c2)C1. The van der Waals surface area contributed by atoms with E-state index in [1.165, 1.54) is 6.07 Å². The number of non-ortho nitro benzene ring substituents is 1. The van der Waals surface area contributed by atoms with E-state index in [0.29, 0.717) is 5.92 Å². The molecule has 1 aromatic carbocycles. The quantitative estimate of drug-likeness (QED) is 0.632. The molecule has 1 heterocycles. The summed E-state index contributed by atoms with van der Waals surface area (Å²) in [6, 6.07) is 6.85. The largest absolute Gasteiger partial charge is 0.330 e. The molecule has 92 valence electrons. The minimum atomic E-state index is -0.351. The highest BCUT2D eigenvalue weighted by atomic mass is 16.6. The Morgan fingerprint density at radius 3 is 3.00 bits per heavy atom. The van der Waals surface area contributed by atoms with Gasteiger partial charge in [-0.2, -0.15) is 0 Å². The van der Waals surface area contributed by atoms with Crippen molar-refractivity contribution in [1.82, 2.24) is 4.90 Å². The van der Waals surface area contributed by atoms with Gasteiger partial charge >= 0.3 is 0 Å². The Morgan fingerprint density at radius 1 is 1.53 bits per heavy atom. The topological polar surface area (TPSA) is 72.4 Å². The van der Waals surface area contributed by atoms with Crippen molar-refractivity contribution < 1.29 is 4.92 Å². The minimum Gasteiger partial charge on any atom is -0.330 e. The molecule has 0 bridgehead atoms. The van der Waals surface area contributed by atoms with Crippen LogP contribution in [0, 0.1) is 16.0 Å². The summed E-state index contributed by atoms with van der Waals surface area (Å²) in [6.45, 7) is 3.54. The van der Waals surface area contributed by atoms with E-state index in [2.05, 4.69) is 4.90 Å². The number of nitrogens with two attached hydrogens (primary N) is 1. The van der Waals surface area contributed by atoms with Crippen LogP contribution in [0.5, 0.6) is 0 Å². The summed E-state index contributed by atoms with van der Waals surface area (Å²) in [4.78, 5) is 12.6. The first-order valence-corrected chi connectivity index (χ1v) is 5.85. The third kappa shape index (κ3) is 3.01. The van der Waals surface area contributed by atoms with Crippen LogP contribution in [0.3, 0.4) is 0 Å². The highest BCUT2D eigenvalue weighted by Crippen LogP contribution is 2.19. The zero-order valence-corrected chi connectivity index (χ0v) is 9.71. The zero-order chi connectivity index (χ0) is 12.3. The molecule has 1 aromatic rings. The van der Waals surface area contributed by atoms with Crippen molar-refractivity contribution in [3.8, 4) is 0 Å². The second kappa shape index (κ2) is 5.25. The molecule has 1 fully saturated rings. The van der Waals surface area contributed by atoms with Crippen molar-refractivity contribution in [3.63, 3.8) is 0 Å². The van der Waals surface area contributed by atoms with E-state index in [1.807, 2.05) is 6.07 Å². The molecule has 2 N–H and O–H groups in total. The first kappa shape index (κ1) is 12.0. The smallest absolute Gasteiger partial charge is 0.269 e. The van der Waals surface area contributed by atoms with Crippen LogP contribution in [0.2, 0.25) is 0 Å². The summed E-state index contributed by atoms with van der Waals surface area (Å²) in [5, 5.41) is 10.7. The predicted molar refractivity (Wildman–Crippen MR) is 65.5 cm³/mol. The number of hydrogen-bond donors (Lipinski definition) is 1. The maximum Gasteiger partial charge on any atom is 0.269 e. The minimum absolute atomic E-state index is 0.164. The van der Waals surface area contributed by atoms with E-state index in [1.54, 1.807) is 12.1 Å². The average molecular weight is 235 g/mol. The summed E-state index contributed by atoms with van der Waals surface area (Å²) in [7, 11) is 0. The fraction of sp³-hybridized carbons (Fsp3) is 0.500. The third-order valence-electron chi connectivity index (χ3n) is 3.23. The first-order valence-electron chi connectivity index (χ1n) is 5.85. The number of benzene rings is 1. The predicted octanol–water partition coefficient (Wildman–Crippen LogP) is 1.38. The lowest BCUT2D eigenvalue weighted by Crippen LogP contribution is -2.22. The van der Waals surface area contributed by atoms with Gasteiger partial charge < -0.3 is 5.73 Å². The van der Waals surface area contributed by atoms with Crippen LogP contribution in [0.25, 0.3) is 0 Å². The monoisotopic (exact) mass is 235 g/mol. The van der Waals surface area contributed by atoms with Crippen molar-refractivity contribution in [2.24, 2.45) is 11.7 Å². The fourth-order valence-corrected chi connectivity index (χ4v) is 2.28. The second-order valence-electron chi connectivity index (χ2n) is 4.55. The average Bonchev–Trinajstić information content (AvgIpc) is 2.77. The Kier molecular flexibility index (Phi) is 3.71. The van der Waals surface area contributed by atoms with Crippen molar-refractivity contribution in [2.75, 3.05) is 19.6 Å². The van der Waals surface area contributed by atoms with E-state index in [-0.39, 0.29) is 10.6 Å². The fourth-order valence-electron chi connectivity index (χ4n) is 2.28. The van der Waals surface area contributed by atoms with Gasteiger partial charge in [0.1, 0.15) is 0 Å². The molecule has 0 aromatic heterocycles. The van der Waals surface area contributed by atoms with Gasteiger partial charge in [0.15, 0.2) is 0 Å². The molecule has 1 atom stereocenters. The molecule has 0 saturated carbocycles. The number of likely N-dealkylation sites (tertiary alicyclic amines) is 1. The Hall–Kier alpha value is -1.46. The van der Waals surface area contributed by atoms with Crippen molar-refractivity contribution in [2.45, 2.75) is 13.0 Å². The zero-order valence-electron chi connectivity index (χ0n) is 9.71. The summed E-state index contributed by atoms with van der Waals surface area (Å²) in [5.74, 6) is 0.577. The van der Waals surface area contributed by atoms with Crippen LogP contribution in [0.15, 0.2) is 24.3 Å². The molecule has 1 aliphatic heterocycles. The van der Waals surface area contributed by atoms with Crippen molar-refractivity contribution >= 4 is 5.69 Å². The summed E-state index contributed by atoms with van der Waals surface area (Å²) in [6.07, 6.45) is 1.13. The van der Waals surface area contributed by atoms with E-state index in [4.69, 9.17) is 5.73 Å². The lowest BCUT2D eigenvalue weighted by molar-refractivity contribution is -0.384. The number of hydrogen-bond acceptors (Lipinski definition) is 4. The van der Waals surface area contributed by atoms with Crippen LogP contribution in [0.4, 0.5) is 5.69 Å². The number of nitro groups is 1. The number of nitro benzene ring substituents is 1. The molecular formula is C12H17N3O2. The van der Waals surface area contributed by atoms with Crippen LogP contribution in [0.1, 0.15) is 12.0 Å².